The number of nitrogens with zero attached hydrogens (tertiary/aromatic N) is 1. The van der Waals surface area contributed by atoms with Crippen LogP contribution < -0.4 is 11.1 Å². The molecule has 2 N–H and O–H groups in total. The van der Waals surface area contributed by atoms with E-state index in [4.69, 9.17) is 5.73 Å². The lowest BCUT2D eigenvalue weighted by molar-refractivity contribution is 0.299. The molecule has 3 heteroatoms. The van der Waals surface area contributed by atoms with Crippen LogP contribution in [-0.4, -0.2) is 44.2 Å². The normalized spacial score (nSPS) is 22.5. The maximum Gasteiger partial charge on any atom is 0.0228 e. The monoisotopic (exact) mass is 142 g/mol. The van der Waals surface area contributed by atoms with Crippen molar-refractivity contribution in [2.75, 3.05) is 39.3 Å². The molecular formula is C7H16N3. The highest BCUT2D eigenvalue weighted by atomic mass is 15.2. The van der Waals surface area contributed by atoms with E-state index < -0.39 is 0 Å². The predicted octanol–water partition coefficient (Wildman–Crippen LogP) is -0.435. The largest absolute Gasteiger partial charge is 0.315 e. The van der Waals surface area contributed by atoms with E-state index in [2.05, 4.69) is 10.2 Å². The van der Waals surface area contributed by atoms with Crippen molar-refractivity contribution >= 4 is 0 Å². The van der Waals surface area contributed by atoms with Crippen molar-refractivity contribution in [1.82, 2.24) is 16.0 Å². The molecule has 1 radical (unpaired) electrons. The average Bonchev–Trinajstić information content (AvgIpc) is 2.17. The van der Waals surface area contributed by atoms with Gasteiger partial charge in [-0.2, -0.15) is 0 Å². The summed E-state index contributed by atoms with van der Waals surface area (Å²) in [6.07, 6.45) is 1.24. The molecule has 0 unspecified atom stereocenters. The fourth-order valence-electron chi connectivity index (χ4n) is 1.28. The third kappa shape index (κ3) is 2.64. The lowest BCUT2D eigenvalue weighted by Gasteiger charge is -2.17. The zero-order valence-electron chi connectivity index (χ0n) is 6.40. The van der Waals surface area contributed by atoms with Crippen LogP contribution in [0.3, 0.4) is 0 Å². The van der Waals surface area contributed by atoms with Crippen LogP contribution in [0.5, 0.6) is 0 Å². The standard InChI is InChI=1S/C7H16N3/c8-2-6-10-5-1-3-9-4-7-10/h8-9H,1-7H2. The van der Waals surface area contributed by atoms with Crippen molar-refractivity contribution in [2.24, 2.45) is 0 Å². The van der Waals surface area contributed by atoms with Crippen LogP contribution >= 0.6 is 0 Å². The van der Waals surface area contributed by atoms with Crippen molar-refractivity contribution in [1.29, 1.82) is 0 Å². The summed E-state index contributed by atoms with van der Waals surface area (Å²) in [5.41, 5.74) is 7.05. The molecule has 0 amide bonds. The molecule has 1 aliphatic rings. The molecule has 0 atom stereocenters. The molecule has 0 aliphatic carbocycles. The van der Waals surface area contributed by atoms with Gasteiger partial charge in [-0.15, -0.1) is 0 Å². The minimum absolute atomic E-state index is 0.542. The Kier molecular flexibility index (Phi) is 3.72. The summed E-state index contributed by atoms with van der Waals surface area (Å²) < 4.78 is 0. The quantitative estimate of drug-likeness (QED) is 0.568. The van der Waals surface area contributed by atoms with Gasteiger partial charge < -0.3 is 10.2 Å². The Hall–Kier alpha value is -0.120. The van der Waals surface area contributed by atoms with E-state index in [0.717, 1.165) is 26.2 Å². The molecule has 1 saturated heterocycles. The molecule has 59 valence electrons. The van der Waals surface area contributed by atoms with Crippen molar-refractivity contribution in [3.63, 3.8) is 0 Å². The Morgan fingerprint density at radius 1 is 1.30 bits per heavy atom. The summed E-state index contributed by atoms with van der Waals surface area (Å²) in [4.78, 5) is 2.35. The molecule has 1 rings (SSSR count). The first-order chi connectivity index (χ1) is 4.93. The zero-order valence-corrected chi connectivity index (χ0v) is 6.40. The van der Waals surface area contributed by atoms with Crippen molar-refractivity contribution in [3.8, 4) is 0 Å². The minimum Gasteiger partial charge on any atom is -0.315 e. The highest BCUT2D eigenvalue weighted by Crippen LogP contribution is 1.92. The van der Waals surface area contributed by atoms with E-state index in [0.29, 0.717) is 6.54 Å². The molecule has 0 aromatic rings. The van der Waals surface area contributed by atoms with Crippen LogP contribution in [0.15, 0.2) is 0 Å². The highest BCUT2D eigenvalue weighted by Gasteiger charge is 2.05. The summed E-state index contributed by atoms with van der Waals surface area (Å²) >= 11 is 0. The second kappa shape index (κ2) is 4.66. The second-order valence-corrected chi connectivity index (χ2v) is 2.70. The maximum absolute atomic E-state index is 7.05. The molecule has 0 bridgehead atoms. The van der Waals surface area contributed by atoms with Crippen LogP contribution in [0.2, 0.25) is 0 Å². The molecule has 3 nitrogen and oxygen atoms in total. The molecule has 1 heterocycles. The number of hydrogen-bond donors (Lipinski definition) is 1. The van der Waals surface area contributed by atoms with Gasteiger partial charge in [0.15, 0.2) is 0 Å². The van der Waals surface area contributed by atoms with Gasteiger partial charge >= 0.3 is 0 Å². The van der Waals surface area contributed by atoms with Gasteiger partial charge in [0.1, 0.15) is 0 Å². The average molecular weight is 142 g/mol. The SMILES string of the molecule is [NH]CCN1CCCNCC1. The molecule has 0 saturated carbocycles. The lowest BCUT2D eigenvalue weighted by atomic mass is 10.4. The lowest BCUT2D eigenvalue weighted by Crippen LogP contribution is -2.30. The predicted molar refractivity (Wildman–Crippen MR) is 41.9 cm³/mol. The number of hydrogen-bond acceptors (Lipinski definition) is 2. The smallest absolute Gasteiger partial charge is 0.0228 e. The summed E-state index contributed by atoms with van der Waals surface area (Å²) in [7, 11) is 0. The first-order valence-corrected chi connectivity index (χ1v) is 4.01. The van der Waals surface area contributed by atoms with Gasteiger partial charge in [0.25, 0.3) is 0 Å². The van der Waals surface area contributed by atoms with Gasteiger partial charge in [-0.3, -0.25) is 5.73 Å². The van der Waals surface area contributed by atoms with E-state index >= 15 is 0 Å². The zero-order chi connectivity index (χ0) is 7.23. The number of rotatable bonds is 2. The minimum atomic E-state index is 0.542. The Labute approximate surface area is 62.6 Å². The van der Waals surface area contributed by atoms with Crippen LogP contribution in [-0.2, 0) is 0 Å². The third-order valence-electron chi connectivity index (χ3n) is 1.86. The van der Waals surface area contributed by atoms with E-state index in [1.807, 2.05) is 0 Å². The molecule has 0 aromatic carbocycles. The van der Waals surface area contributed by atoms with Crippen LogP contribution in [0.25, 0.3) is 0 Å². The fourth-order valence-corrected chi connectivity index (χ4v) is 1.28. The van der Waals surface area contributed by atoms with Crippen LogP contribution in [0, 0.1) is 0 Å². The third-order valence-corrected chi connectivity index (χ3v) is 1.86. The Morgan fingerprint density at radius 3 is 3.00 bits per heavy atom. The molecule has 0 aromatic heterocycles. The first kappa shape index (κ1) is 7.98. The van der Waals surface area contributed by atoms with Crippen LogP contribution in [0.1, 0.15) is 6.42 Å². The van der Waals surface area contributed by atoms with Gasteiger partial charge in [0, 0.05) is 26.2 Å². The summed E-state index contributed by atoms with van der Waals surface area (Å²) in [6.45, 7) is 6.03. The van der Waals surface area contributed by atoms with E-state index in [1.165, 1.54) is 13.0 Å². The number of nitrogens with one attached hydrogen (secondary N) is 2. The maximum atomic E-state index is 7.05. The molecule has 10 heavy (non-hydrogen) atoms. The van der Waals surface area contributed by atoms with Gasteiger partial charge in [-0.25, -0.2) is 0 Å². The van der Waals surface area contributed by atoms with E-state index in [1.54, 1.807) is 0 Å². The molecule has 0 spiro atoms. The van der Waals surface area contributed by atoms with Gasteiger partial charge in [-0.1, -0.05) is 0 Å². The topological polar surface area (TPSA) is 39.1 Å². The van der Waals surface area contributed by atoms with E-state index in [-0.39, 0.29) is 0 Å². The Bertz CT molecular complexity index is 76.9. The summed E-state index contributed by atoms with van der Waals surface area (Å²) in [5, 5.41) is 3.33. The molecule has 1 aliphatic heterocycles. The molecular weight excluding hydrogens is 126 g/mol. The van der Waals surface area contributed by atoms with Crippen molar-refractivity contribution in [3.05, 3.63) is 0 Å². The highest BCUT2D eigenvalue weighted by molar-refractivity contribution is 4.65. The first-order valence-electron chi connectivity index (χ1n) is 4.01. The second-order valence-electron chi connectivity index (χ2n) is 2.70. The summed E-state index contributed by atoms with van der Waals surface area (Å²) in [5.74, 6) is 0. The Balaban J connectivity index is 2.15. The van der Waals surface area contributed by atoms with Crippen LogP contribution in [0.4, 0.5) is 0 Å². The fraction of sp³-hybridized carbons (Fsp3) is 1.00. The van der Waals surface area contributed by atoms with Gasteiger partial charge in [-0.05, 0) is 19.5 Å². The Morgan fingerprint density at radius 2 is 2.20 bits per heavy atom. The summed E-state index contributed by atoms with van der Waals surface area (Å²) in [6, 6.07) is 0. The van der Waals surface area contributed by atoms with E-state index in [9.17, 15) is 0 Å². The van der Waals surface area contributed by atoms with Gasteiger partial charge in [0.2, 0.25) is 0 Å². The molecule has 1 fully saturated rings. The van der Waals surface area contributed by atoms with Gasteiger partial charge in [0.05, 0.1) is 0 Å². The van der Waals surface area contributed by atoms with Crippen molar-refractivity contribution in [2.45, 2.75) is 6.42 Å². The van der Waals surface area contributed by atoms with Crippen molar-refractivity contribution < 1.29 is 0 Å².